The molecule has 2 fully saturated rings. The molecule has 0 atom stereocenters. The van der Waals surface area contributed by atoms with Crippen molar-refractivity contribution in [2.75, 3.05) is 39.9 Å². The van der Waals surface area contributed by atoms with E-state index in [0.717, 1.165) is 55.0 Å². The van der Waals surface area contributed by atoms with Gasteiger partial charge >= 0.3 is 0 Å². The molecule has 1 spiro atoms. The van der Waals surface area contributed by atoms with E-state index in [4.69, 9.17) is 14.0 Å². The maximum atomic E-state index is 13.0. The molecular weight excluding hydrogens is 508 g/mol. The Morgan fingerprint density at radius 2 is 1.75 bits per heavy atom. The van der Waals surface area contributed by atoms with Gasteiger partial charge in [0.25, 0.3) is 0 Å². The maximum absolute atomic E-state index is 13.0. The number of aryl methyl sites for hydroxylation is 1. The highest BCUT2D eigenvalue weighted by atomic mass is 16.5. The number of likely N-dealkylation sites (tertiary alicyclic amines) is 2. The molecule has 210 valence electrons. The van der Waals surface area contributed by atoms with E-state index in [1.165, 1.54) is 0 Å². The summed E-state index contributed by atoms with van der Waals surface area (Å²) in [6, 6.07) is 15.2. The highest BCUT2D eigenvalue weighted by molar-refractivity contribution is 5.92. The predicted molar refractivity (Wildman–Crippen MR) is 151 cm³/mol. The normalized spacial score (nSPS) is 16.6. The summed E-state index contributed by atoms with van der Waals surface area (Å²) in [5, 5.41) is 4.05. The number of aromatic nitrogens is 2. The minimum Gasteiger partial charge on any atom is -0.497 e. The van der Waals surface area contributed by atoms with Gasteiger partial charge in [0.05, 0.1) is 13.7 Å². The second-order valence-electron chi connectivity index (χ2n) is 10.4. The Labute approximate surface area is 234 Å². The van der Waals surface area contributed by atoms with E-state index in [9.17, 15) is 9.59 Å². The van der Waals surface area contributed by atoms with E-state index in [1.807, 2.05) is 71.3 Å². The SMILES string of the molecule is CCOc1ccccc1C=CC(=O)N1CCC2(CC1)CCN(C(=O)CCc1nc(-c3ccc(OC)cc3)no1)C2. The Bertz CT molecular complexity index is 1340. The summed E-state index contributed by atoms with van der Waals surface area (Å²) in [4.78, 5) is 34.2. The van der Waals surface area contributed by atoms with Crippen LogP contribution in [0.25, 0.3) is 17.5 Å². The average molecular weight is 545 g/mol. The minimum absolute atomic E-state index is 0.0145. The number of carbonyl (C=O) groups excluding carboxylic acids is 2. The van der Waals surface area contributed by atoms with Crippen molar-refractivity contribution in [2.24, 2.45) is 5.41 Å². The van der Waals surface area contributed by atoms with E-state index in [2.05, 4.69) is 10.1 Å². The van der Waals surface area contributed by atoms with Gasteiger partial charge in [-0.2, -0.15) is 4.98 Å². The standard InChI is InChI=1S/C31H36N4O5/c1-3-39-26-7-5-4-6-23(26)10-14-28(36)34-19-16-31(17-20-34)18-21-35(22-31)29(37)15-13-27-32-30(33-40-27)24-8-11-25(38-2)12-9-24/h4-12,14H,3,13,15-22H2,1-2H3. The van der Waals surface area contributed by atoms with Crippen LogP contribution in [0.3, 0.4) is 0 Å². The van der Waals surface area contributed by atoms with Gasteiger partial charge in [-0.25, -0.2) is 0 Å². The lowest BCUT2D eigenvalue weighted by molar-refractivity contribution is -0.132. The first-order valence-corrected chi connectivity index (χ1v) is 13.9. The summed E-state index contributed by atoms with van der Waals surface area (Å²) in [5.74, 6) is 2.61. The first-order valence-electron chi connectivity index (χ1n) is 13.9. The molecule has 2 saturated heterocycles. The van der Waals surface area contributed by atoms with E-state index in [-0.39, 0.29) is 17.2 Å². The highest BCUT2D eigenvalue weighted by Crippen LogP contribution is 2.40. The monoisotopic (exact) mass is 544 g/mol. The Morgan fingerprint density at radius 1 is 1.02 bits per heavy atom. The van der Waals surface area contributed by atoms with Crippen LogP contribution in [0.15, 0.2) is 59.1 Å². The number of para-hydroxylation sites is 1. The van der Waals surface area contributed by atoms with Gasteiger partial charge in [-0.1, -0.05) is 23.4 Å². The van der Waals surface area contributed by atoms with Crippen molar-refractivity contribution in [3.63, 3.8) is 0 Å². The number of piperidine rings is 1. The average Bonchev–Trinajstić information content (AvgIpc) is 3.64. The Hall–Kier alpha value is -4.14. The van der Waals surface area contributed by atoms with Gasteiger partial charge in [0.15, 0.2) is 0 Å². The number of nitrogens with zero attached hydrogens (tertiary/aromatic N) is 4. The molecule has 5 rings (SSSR count). The fourth-order valence-electron chi connectivity index (χ4n) is 5.51. The fraction of sp³-hybridized carbons (Fsp3) is 0.419. The number of ether oxygens (including phenoxy) is 2. The molecule has 2 amide bonds. The van der Waals surface area contributed by atoms with Crippen molar-refractivity contribution in [3.05, 3.63) is 66.1 Å². The summed E-state index contributed by atoms with van der Waals surface area (Å²) in [5.41, 5.74) is 1.82. The van der Waals surface area contributed by atoms with Crippen LogP contribution in [-0.2, 0) is 16.0 Å². The van der Waals surface area contributed by atoms with E-state index in [0.29, 0.717) is 44.3 Å². The molecule has 0 radical (unpaired) electrons. The predicted octanol–water partition coefficient (Wildman–Crippen LogP) is 4.63. The second-order valence-corrected chi connectivity index (χ2v) is 10.4. The molecule has 2 aliphatic heterocycles. The zero-order chi connectivity index (χ0) is 28.0. The molecule has 0 aliphatic carbocycles. The van der Waals surface area contributed by atoms with Gasteiger partial charge in [0, 0.05) is 56.2 Å². The zero-order valence-corrected chi connectivity index (χ0v) is 23.2. The number of hydrogen-bond acceptors (Lipinski definition) is 7. The minimum atomic E-state index is 0.0145. The van der Waals surface area contributed by atoms with Gasteiger partial charge < -0.3 is 23.8 Å². The van der Waals surface area contributed by atoms with Gasteiger partial charge in [-0.05, 0) is 68.0 Å². The lowest BCUT2D eigenvalue weighted by atomic mass is 9.78. The molecule has 2 aliphatic rings. The number of rotatable bonds is 9. The molecule has 3 aromatic rings. The van der Waals surface area contributed by atoms with Crippen molar-refractivity contribution in [1.82, 2.24) is 19.9 Å². The molecule has 0 unspecified atom stereocenters. The van der Waals surface area contributed by atoms with E-state index < -0.39 is 0 Å². The van der Waals surface area contributed by atoms with Crippen LogP contribution in [0, 0.1) is 5.41 Å². The lowest BCUT2D eigenvalue weighted by Crippen LogP contribution is -2.44. The molecule has 0 N–H and O–H groups in total. The number of benzene rings is 2. The van der Waals surface area contributed by atoms with Crippen LogP contribution < -0.4 is 9.47 Å². The Balaban J connectivity index is 1.08. The summed E-state index contributed by atoms with van der Waals surface area (Å²) in [6.07, 6.45) is 6.99. The first kappa shape index (κ1) is 27.4. The third-order valence-electron chi connectivity index (χ3n) is 7.92. The number of carbonyl (C=O) groups is 2. The van der Waals surface area contributed by atoms with Crippen LogP contribution in [0.2, 0.25) is 0 Å². The molecule has 9 nitrogen and oxygen atoms in total. The first-order chi connectivity index (χ1) is 19.5. The Morgan fingerprint density at radius 3 is 2.48 bits per heavy atom. The van der Waals surface area contributed by atoms with Crippen molar-refractivity contribution < 1.29 is 23.6 Å². The van der Waals surface area contributed by atoms with Crippen molar-refractivity contribution >= 4 is 17.9 Å². The topological polar surface area (TPSA) is 98.0 Å². The molecule has 40 heavy (non-hydrogen) atoms. The summed E-state index contributed by atoms with van der Waals surface area (Å²) >= 11 is 0. The van der Waals surface area contributed by atoms with Gasteiger partial charge in [-0.15, -0.1) is 0 Å². The maximum Gasteiger partial charge on any atom is 0.246 e. The van der Waals surface area contributed by atoms with Crippen LogP contribution >= 0.6 is 0 Å². The van der Waals surface area contributed by atoms with Gasteiger partial charge in [0.2, 0.25) is 23.5 Å². The molecule has 3 heterocycles. The lowest BCUT2D eigenvalue weighted by Gasteiger charge is -2.39. The highest BCUT2D eigenvalue weighted by Gasteiger charge is 2.42. The third-order valence-corrected chi connectivity index (χ3v) is 7.92. The zero-order valence-electron chi connectivity index (χ0n) is 23.2. The summed E-state index contributed by atoms with van der Waals surface area (Å²) in [6.45, 7) is 5.42. The van der Waals surface area contributed by atoms with Crippen molar-refractivity contribution in [3.8, 4) is 22.9 Å². The van der Waals surface area contributed by atoms with Gasteiger partial charge in [-0.3, -0.25) is 9.59 Å². The number of amides is 2. The quantitative estimate of drug-likeness (QED) is 0.362. The van der Waals surface area contributed by atoms with Crippen LogP contribution in [0.5, 0.6) is 11.5 Å². The third kappa shape index (κ3) is 6.35. The van der Waals surface area contributed by atoms with Gasteiger partial charge in [0.1, 0.15) is 11.5 Å². The summed E-state index contributed by atoms with van der Waals surface area (Å²) < 4.78 is 16.2. The summed E-state index contributed by atoms with van der Waals surface area (Å²) in [7, 11) is 1.62. The van der Waals surface area contributed by atoms with Crippen molar-refractivity contribution in [2.45, 2.75) is 39.0 Å². The van der Waals surface area contributed by atoms with E-state index in [1.54, 1.807) is 13.2 Å². The largest absolute Gasteiger partial charge is 0.497 e. The second kappa shape index (κ2) is 12.4. The molecule has 1 aromatic heterocycles. The van der Waals surface area contributed by atoms with Crippen molar-refractivity contribution in [1.29, 1.82) is 0 Å². The van der Waals surface area contributed by atoms with E-state index >= 15 is 0 Å². The Kier molecular flexibility index (Phi) is 8.48. The molecule has 0 saturated carbocycles. The number of hydrogen-bond donors (Lipinski definition) is 0. The van der Waals surface area contributed by atoms with Crippen LogP contribution in [0.1, 0.15) is 44.1 Å². The molecule has 0 bridgehead atoms. The molecule has 9 heteroatoms. The van der Waals surface area contributed by atoms with Crippen LogP contribution in [-0.4, -0.2) is 71.7 Å². The molecule has 2 aromatic carbocycles. The fourth-order valence-corrected chi connectivity index (χ4v) is 5.51. The number of methoxy groups -OCH3 is 1. The molecular formula is C31H36N4O5. The smallest absolute Gasteiger partial charge is 0.246 e. The van der Waals surface area contributed by atoms with Crippen LogP contribution in [0.4, 0.5) is 0 Å².